The van der Waals surface area contributed by atoms with Gasteiger partial charge in [-0.1, -0.05) is 36.6 Å². The molecule has 0 radical (unpaired) electrons. The summed E-state index contributed by atoms with van der Waals surface area (Å²) in [5.41, 5.74) is 12.4. The first-order valence-electron chi connectivity index (χ1n) is 11.3. The fourth-order valence-electron chi connectivity index (χ4n) is 4.41. The Hall–Kier alpha value is -3.29. The summed E-state index contributed by atoms with van der Waals surface area (Å²) in [5.74, 6) is -0.176. The maximum Gasteiger partial charge on any atom is 0.327 e. The normalized spacial score (nSPS) is 27.9. The number of aliphatic hydroxyl groups excluding tert-OH is 2. The van der Waals surface area contributed by atoms with Gasteiger partial charge in [0.2, 0.25) is 0 Å². The van der Waals surface area contributed by atoms with Crippen LogP contribution in [-0.2, 0) is 9.47 Å². The van der Waals surface area contributed by atoms with Crippen molar-refractivity contribution in [1.82, 2.24) is 29.2 Å². The molecule has 17 heteroatoms. The summed E-state index contributed by atoms with van der Waals surface area (Å²) in [5, 5.41) is 26.3. The van der Waals surface area contributed by atoms with Gasteiger partial charge >= 0.3 is 12.2 Å². The molecule has 2 fully saturated rings. The summed E-state index contributed by atoms with van der Waals surface area (Å²) < 4.78 is 67.8. The molecule has 216 valence electrons. The van der Waals surface area contributed by atoms with Crippen LogP contribution in [0.4, 0.5) is 29.2 Å². The Labute approximate surface area is 237 Å². The lowest BCUT2D eigenvalue weighted by molar-refractivity contribution is 0.0231. The van der Waals surface area contributed by atoms with Crippen molar-refractivity contribution in [3.63, 3.8) is 0 Å². The van der Waals surface area contributed by atoms with E-state index in [0.717, 1.165) is 9.03 Å². The van der Waals surface area contributed by atoms with Gasteiger partial charge in [-0.2, -0.15) is 18.7 Å². The Morgan fingerprint density at radius 1 is 0.900 bits per heavy atom. The second-order valence-corrected chi connectivity index (χ2v) is 9.60. The van der Waals surface area contributed by atoms with Crippen LogP contribution in [0.3, 0.4) is 0 Å². The summed E-state index contributed by atoms with van der Waals surface area (Å²) in [7, 11) is 0. The monoisotopic (exact) mass is 680 g/mol. The van der Waals surface area contributed by atoms with Crippen LogP contribution in [0.2, 0.25) is 0 Å². The number of aromatic nitrogens is 6. The summed E-state index contributed by atoms with van der Waals surface area (Å²) in [6.45, 7) is 3.41. The molecular weight excluding hydrogens is 655 g/mol. The molecular formula is C23H25F4IN8O4. The Balaban J connectivity index is 0.000000181. The zero-order chi connectivity index (χ0) is 28.2. The highest BCUT2D eigenvalue weighted by Gasteiger charge is 2.45. The number of aliphatic hydroxyl groups is 2. The van der Waals surface area contributed by atoms with Gasteiger partial charge in [-0.3, -0.25) is 0 Å². The van der Waals surface area contributed by atoms with E-state index in [-0.39, 0.29) is 30.5 Å². The fourth-order valence-corrected chi connectivity index (χ4v) is 5.14. The predicted octanol–water partition coefficient (Wildman–Crippen LogP) is 2.40. The van der Waals surface area contributed by atoms with E-state index in [1.54, 1.807) is 12.1 Å². The number of fused-ring (bicyclic) bond motifs is 2. The molecule has 2 aliphatic heterocycles. The first-order chi connectivity index (χ1) is 18.5. The highest BCUT2D eigenvalue weighted by molar-refractivity contribution is 14.1. The van der Waals surface area contributed by atoms with Crippen molar-refractivity contribution in [2.75, 3.05) is 15.9 Å². The SMILES string of the molecule is C.C=C1OC(c2ccc3c(N)nc(F)nn23)[C@H](F)[C@@H]1O.Nc1nc(F)nn2c(C3O[C@H](CI)[C@@H](O)[C@H]3F)ccc12. The Kier molecular flexibility index (Phi) is 8.38. The Morgan fingerprint density at radius 3 is 1.82 bits per heavy atom. The zero-order valence-corrected chi connectivity index (χ0v) is 21.9. The van der Waals surface area contributed by atoms with Crippen LogP contribution in [0.15, 0.2) is 36.6 Å². The maximum atomic E-state index is 14.2. The molecule has 7 atom stereocenters. The minimum Gasteiger partial charge on any atom is -0.483 e. The quantitative estimate of drug-likeness (QED) is 0.143. The van der Waals surface area contributed by atoms with Crippen LogP contribution in [0, 0.1) is 12.2 Å². The van der Waals surface area contributed by atoms with Crippen molar-refractivity contribution < 1.29 is 37.2 Å². The molecule has 12 nitrogen and oxygen atoms in total. The van der Waals surface area contributed by atoms with E-state index in [2.05, 4.69) is 26.7 Å². The number of hydrogen-bond donors (Lipinski definition) is 4. The lowest BCUT2D eigenvalue weighted by Gasteiger charge is -2.12. The van der Waals surface area contributed by atoms with Gasteiger partial charge in [-0.15, -0.1) is 10.2 Å². The third kappa shape index (κ3) is 5.01. The minimum absolute atomic E-state index is 0. The van der Waals surface area contributed by atoms with Gasteiger partial charge in [0.05, 0.1) is 17.5 Å². The van der Waals surface area contributed by atoms with E-state index in [4.69, 9.17) is 20.9 Å². The van der Waals surface area contributed by atoms with Crippen molar-refractivity contribution in [2.45, 2.75) is 50.3 Å². The molecule has 0 spiro atoms. The topological polar surface area (TPSA) is 171 Å². The number of rotatable bonds is 3. The van der Waals surface area contributed by atoms with Crippen LogP contribution in [0.5, 0.6) is 0 Å². The van der Waals surface area contributed by atoms with E-state index in [1.165, 1.54) is 12.1 Å². The highest BCUT2D eigenvalue weighted by atomic mass is 127. The average molecular weight is 680 g/mol. The van der Waals surface area contributed by atoms with Crippen molar-refractivity contribution in [3.05, 3.63) is 60.1 Å². The lowest BCUT2D eigenvalue weighted by atomic mass is 10.1. The smallest absolute Gasteiger partial charge is 0.327 e. The summed E-state index contributed by atoms with van der Waals surface area (Å²) in [6, 6.07) is 6.11. The largest absolute Gasteiger partial charge is 0.483 e. The number of nitrogens with two attached hydrogens (primary N) is 2. The number of ether oxygens (including phenoxy) is 2. The molecule has 0 aromatic carbocycles. The average Bonchev–Trinajstić information content (AvgIpc) is 3.62. The molecule has 0 aliphatic carbocycles. The van der Waals surface area contributed by atoms with Crippen LogP contribution in [0.25, 0.3) is 11.0 Å². The first-order valence-corrected chi connectivity index (χ1v) is 12.9. The number of nitrogen functional groups attached to an aromatic ring is 2. The third-order valence-electron chi connectivity index (χ3n) is 6.34. The van der Waals surface area contributed by atoms with E-state index >= 15 is 0 Å². The summed E-state index contributed by atoms with van der Waals surface area (Å²) in [6.07, 6.45) is -10.7. The van der Waals surface area contributed by atoms with Crippen molar-refractivity contribution in [3.8, 4) is 0 Å². The number of anilines is 2. The second kappa shape index (κ2) is 11.3. The molecule has 2 saturated heterocycles. The molecule has 6 N–H and O–H groups in total. The molecule has 6 rings (SSSR count). The number of hydrogen-bond acceptors (Lipinski definition) is 10. The minimum atomic E-state index is -1.70. The Morgan fingerprint density at radius 2 is 1.40 bits per heavy atom. The van der Waals surface area contributed by atoms with E-state index in [1.807, 2.05) is 22.6 Å². The van der Waals surface area contributed by atoms with E-state index in [9.17, 15) is 27.8 Å². The van der Waals surface area contributed by atoms with Gasteiger partial charge in [0, 0.05) is 4.43 Å². The highest BCUT2D eigenvalue weighted by Crippen LogP contribution is 2.38. The predicted molar refractivity (Wildman–Crippen MR) is 143 cm³/mol. The maximum absolute atomic E-state index is 14.2. The fraction of sp³-hybridized carbons (Fsp3) is 0.391. The summed E-state index contributed by atoms with van der Waals surface area (Å²) in [4.78, 5) is 6.77. The molecule has 0 bridgehead atoms. The van der Waals surface area contributed by atoms with Crippen LogP contribution >= 0.6 is 22.6 Å². The standard InChI is InChI=1S/C11H11F2IN4O2.C11H10F2N4O2.CH4/c12-7-8(19)6(3-14)20-9(7)4-1-2-5-10(15)16-11(13)17-18(4)5;1-4-8(18)7(12)9(19-4)5-2-3-6-10(14)15-11(13)16-17(5)6;/h1-2,6-9,19H,3H2,(H2,15,16,17);2-3,7-9,18H,1H2,(H2,14,15,16);1H4/t6-,7-,8-,9?;7-,8-,9?;/m11./s1. The van der Waals surface area contributed by atoms with Gasteiger partial charge < -0.3 is 31.2 Å². The molecule has 2 aliphatic rings. The van der Waals surface area contributed by atoms with Gasteiger partial charge in [-0.05, 0) is 24.3 Å². The van der Waals surface area contributed by atoms with Crippen LogP contribution in [0.1, 0.15) is 31.0 Å². The molecule has 6 heterocycles. The molecule has 40 heavy (non-hydrogen) atoms. The van der Waals surface area contributed by atoms with Crippen molar-refractivity contribution in [1.29, 1.82) is 0 Å². The molecule has 2 unspecified atom stereocenters. The van der Waals surface area contributed by atoms with Gasteiger partial charge in [-0.25, -0.2) is 17.8 Å². The zero-order valence-electron chi connectivity index (χ0n) is 19.7. The lowest BCUT2D eigenvalue weighted by Crippen LogP contribution is -2.28. The van der Waals surface area contributed by atoms with Gasteiger partial charge in [0.25, 0.3) is 0 Å². The molecule has 4 aromatic heterocycles. The second-order valence-electron chi connectivity index (χ2n) is 8.72. The molecule has 4 aromatic rings. The van der Waals surface area contributed by atoms with Crippen LogP contribution in [-0.4, -0.2) is 74.5 Å². The van der Waals surface area contributed by atoms with Crippen molar-refractivity contribution >= 4 is 45.3 Å². The van der Waals surface area contributed by atoms with E-state index < -0.39 is 55.0 Å². The third-order valence-corrected chi connectivity index (χ3v) is 7.20. The molecule has 0 saturated carbocycles. The van der Waals surface area contributed by atoms with E-state index in [0.29, 0.717) is 21.2 Å². The van der Waals surface area contributed by atoms with Gasteiger partial charge in [0.1, 0.15) is 35.1 Å². The molecule has 0 amide bonds. The van der Waals surface area contributed by atoms with Crippen LogP contribution < -0.4 is 11.5 Å². The summed E-state index contributed by atoms with van der Waals surface area (Å²) >= 11 is 2.01. The number of alkyl halides is 3. The van der Waals surface area contributed by atoms with Gasteiger partial charge in [0.15, 0.2) is 30.1 Å². The number of halogens is 5. The van der Waals surface area contributed by atoms with Crippen molar-refractivity contribution in [2.24, 2.45) is 0 Å². The first kappa shape index (κ1) is 29.7. The number of nitrogens with zero attached hydrogens (tertiary/aromatic N) is 6. The Bertz CT molecular complexity index is 1550.